The number of sulfone groups is 1. The number of carbonyl (C=O) groups is 1. The van der Waals surface area contributed by atoms with Gasteiger partial charge in [0.1, 0.15) is 10.7 Å². The molecule has 1 aliphatic rings. The lowest BCUT2D eigenvalue weighted by Crippen LogP contribution is -2.46. The zero-order chi connectivity index (χ0) is 18.1. The van der Waals surface area contributed by atoms with Crippen LogP contribution in [0.4, 0.5) is 28.0 Å². The van der Waals surface area contributed by atoms with Gasteiger partial charge in [0.2, 0.25) is 0 Å². The maximum absolute atomic E-state index is 13.3. The highest BCUT2D eigenvalue weighted by Gasteiger charge is 2.48. The number of primary amides is 1. The molecule has 0 spiro atoms. The van der Waals surface area contributed by atoms with Crippen LogP contribution in [0.15, 0.2) is 23.1 Å². The third-order valence-corrected chi connectivity index (χ3v) is 5.21. The molecule has 0 bridgehead atoms. The first kappa shape index (κ1) is 18.3. The molecular formula is C13H15F4N3O3S. The quantitative estimate of drug-likeness (QED) is 0.794. The molecule has 2 amide bonds. The van der Waals surface area contributed by atoms with Crippen molar-refractivity contribution in [3.05, 3.63) is 24.0 Å². The van der Waals surface area contributed by atoms with Gasteiger partial charge < -0.3 is 16.0 Å². The minimum atomic E-state index is -5.68. The average Bonchev–Trinajstić information content (AvgIpc) is 2.46. The number of amides is 2. The predicted octanol–water partition coefficient (Wildman–Crippen LogP) is 1.76. The van der Waals surface area contributed by atoms with Crippen LogP contribution < -0.4 is 16.0 Å². The lowest BCUT2D eigenvalue weighted by molar-refractivity contribution is -0.0435. The zero-order valence-corrected chi connectivity index (χ0v) is 13.1. The van der Waals surface area contributed by atoms with Gasteiger partial charge in [0.25, 0.3) is 9.84 Å². The minimum Gasteiger partial charge on any atom is -0.370 e. The SMILES string of the molecule is NC(=O)NC1CCN(c2ccc(F)cc2S(=O)(=O)C(F)(F)F)CC1. The van der Waals surface area contributed by atoms with Gasteiger partial charge in [-0.15, -0.1) is 0 Å². The van der Waals surface area contributed by atoms with Gasteiger partial charge in [0, 0.05) is 19.1 Å². The Kier molecular flexibility index (Phi) is 4.92. The average molecular weight is 369 g/mol. The Morgan fingerprint density at radius 3 is 2.33 bits per heavy atom. The highest BCUT2D eigenvalue weighted by atomic mass is 32.2. The highest BCUT2D eigenvalue weighted by Crippen LogP contribution is 2.37. The van der Waals surface area contributed by atoms with Crippen molar-refractivity contribution in [2.24, 2.45) is 5.73 Å². The van der Waals surface area contributed by atoms with Gasteiger partial charge in [0.05, 0.1) is 5.69 Å². The lowest BCUT2D eigenvalue weighted by Gasteiger charge is -2.34. The molecule has 2 rings (SSSR count). The zero-order valence-electron chi connectivity index (χ0n) is 12.3. The first-order valence-electron chi connectivity index (χ1n) is 6.94. The predicted molar refractivity (Wildman–Crippen MR) is 77.6 cm³/mol. The van der Waals surface area contributed by atoms with Crippen molar-refractivity contribution in [2.75, 3.05) is 18.0 Å². The largest absolute Gasteiger partial charge is 0.501 e. The van der Waals surface area contributed by atoms with Crippen molar-refractivity contribution >= 4 is 21.6 Å². The van der Waals surface area contributed by atoms with Gasteiger partial charge >= 0.3 is 11.5 Å². The lowest BCUT2D eigenvalue weighted by atomic mass is 10.0. The van der Waals surface area contributed by atoms with Gasteiger partial charge in [-0.05, 0) is 31.0 Å². The molecule has 1 heterocycles. The normalized spacial score (nSPS) is 16.9. The molecule has 1 fully saturated rings. The molecule has 0 unspecified atom stereocenters. The first-order valence-corrected chi connectivity index (χ1v) is 8.42. The fraction of sp³-hybridized carbons (Fsp3) is 0.462. The number of anilines is 1. The summed E-state index contributed by atoms with van der Waals surface area (Å²) < 4.78 is 75.1. The number of nitrogens with one attached hydrogen (secondary N) is 1. The molecule has 0 aliphatic carbocycles. The van der Waals surface area contributed by atoms with Crippen molar-refractivity contribution in [1.29, 1.82) is 0 Å². The van der Waals surface area contributed by atoms with Crippen molar-refractivity contribution in [2.45, 2.75) is 29.3 Å². The van der Waals surface area contributed by atoms with Gasteiger partial charge in [-0.25, -0.2) is 17.6 Å². The number of carbonyl (C=O) groups excluding carboxylic acids is 1. The second kappa shape index (κ2) is 6.46. The molecule has 1 aromatic rings. The van der Waals surface area contributed by atoms with Crippen LogP contribution in [-0.2, 0) is 9.84 Å². The molecule has 11 heteroatoms. The molecule has 1 aliphatic heterocycles. The molecule has 3 N–H and O–H groups in total. The van der Waals surface area contributed by atoms with Crippen LogP contribution in [0.2, 0.25) is 0 Å². The van der Waals surface area contributed by atoms with E-state index in [-0.39, 0.29) is 24.8 Å². The number of nitrogens with zero attached hydrogens (tertiary/aromatic N) is 1. The smallest absolute Gasteiger partial charge is 0.370 e. The number of nitrogens with two attached hydrogens (primary N) is 1. The van der Waals surface area contributed by atoms with Gasteiger partial charge in [-0.3, -0.25) is 0 Å². The maximum Gasteiger partial charge on any atom is 0.501 e. The van der Waals surface area contributed by atoms with Gasteiger partial charge in [-0.2, -0.15) is 13.2 Å². The third-order valence-electron chi connectivity index (χ3n) is 3.70. The summed E-state index contributed by atoms with van der Waals surface area (Å²) in [4.78, 5) is 11.1. The topological polar surface area (TPSA) is 92.5 Å². The number of rotatable bonds is 3. The van der Waals surface area contributed by atoms with E-state index in [1.54, 1.807) is 0 Å². The number of hydrogen-bond donors (Lipinski definition) is 2. The van der Waals surface area contributed by atoms with Crippen molar-refractivity contribution in [1.82, 2.24) is 5.32 Å². The van der Waals surface area contributed by atoms with E-state index in [1.165, 1.54) is 4.90 Å². The Balaban J connectivity index is 2.31. The molecular weight excluding hydrogens is 354 g/mol. The summed E-state index contributed by atoms with van der Waals surface area (Å²) in [5.41, 5.74) is -0.738. The van der Waals surface area contributed by atoms with Crippen LogP contribution >= 0.6 is 0 Å². The standard InChI is InChI=1S/C13H15F4N3O3S/c14-8-1-2-10(11(7-8)24(22,23)13(15,16)17)20-5-3-9(4-6-20)19-12(18)21/h1-2,7,9H,3-6H2,(H3,18,19,21). The molecule has 0 radical (unpaired) electrons. The second-order valence-electron chi connectivity index (χ2n) is 5.33. The van der Waals surface area contributed by atoms with Crippen molar-refractivity contribution in [3.63, 3.8) is 0 Å². The maximum atomic E-state index is 13.3. The molecule has 0 atom stereocenters. The summed E-state index contributed by atoms with van der Waals surface area (Å²) in [7, 11) is -5.68. The molecule has 0 saturated carbocycles. The van der Waals surface area contributed by atoms with Gasteiger partial charge in [-0.1, -0.05) is 0 Å². The Hall–Kier alpha value is -2.04. The Morgan fingerprint density at radius 2 is 1.83 bits per heavy atom. The molecule has 24 heavy (non-hydrogen) atoms. The summed E-state index contributed by atoms with van der Waals surface area (Å²) in [6, 6.07) is 1.32. The van der Waals surface area contributed by atoms with Gasteiger partial charge in [0.15, 0.2) is 0 Å². The van der Waals surface area contributed by atoms with E-state index in [0.29, 0.717) is 18.9 Å². The van der Waals surface area contributed by atoms with Crippen molar-refractivity contribution < 1.29 is 30.8 Å². The number of alkyl halides is 3. The number of hydrogen-bond acceptors (Lipinski definition) is 4. The fourth-order valence-electron chi connectivity index (χ4n) is 2.56. The van der Waals surface area contributed by atoms with E-state index in [4.69, 9.17) is 5.73 Å². The molecule has 134 valence electrons. The Morgan fingerprint density at radius 1 is 1.25 bits per heavy atom. The number of urea groups is 1. The summed E-state index contributed by atoms with van der Waals surface area (Å²) >= 11 is 0. The fourth-order valence-corrected chi connectivity index (χ4v) is 3.54. The van der Waals surface area contributed by atoms with E-state index >= 15 is 0 Å². The second-order valence-corrected chi connectivity index (χ2v) is 7.24. The van der Waals surface area contributed by atoms with Crippen LogP contribution in [0, 0.1) is 5.82 Å². The monoisotopic (exact) mass is 369 g/mol. The third kappa shape index (κ3) is 3.71. The van der Waals surface area contributed by atoms with Crippen molar-refractivity contribution in [3.8, 4) is 0 Å². The van der Waals surface area contributed by atoms with E-state index in [2.05, 4.69) is 5.32 Å². The van der Waals surface area contributed by atoms with Crippen LogP contribution in [0.3, 0.4) is 0 Å². The van der Waals surface area contributed by atoms with E-state index in [9.17, 15) is 30.8 Å². The number of benzene rings is 1. The summed E-state index contributed by atoms with van der Waals surface area (Å²) in [6.07, 6.45) is 0.734. The Labute approximate surface area is 135 Å². The van der Waals surface area contributed by atoms with Crippen LogP contribution in [0.5, 0.6) is 0 Å². The van der Waals surface area contributed by atoms with E-state index in [1.807, 2.05) is 0 Å². The summed E-state index contributed by atoms with van der Waals surface area (Å²) in [6.45, 7) is 0.383. The summed E-state index contributed by atoms with van der Waals surface area (Å²) in [5.74, 6) is -1.08. The van der Waals surface area contributed by atoms with Crippen LogP contribution in [-0.4, -0.2) is 39.1 Å². The first-order chi connectivity index (χ1) is 11.0. The number of halogens is 4. The molecule has 0 aromatic heterocycles. The van der Waals surface area contributed by atoms with Crippen LogP contribution in [0.25, 0.3) is 0 Å². The van der Waals surface area contributed by atoms with Crippen LogP contribution in [0.1, 0.15) is 12.8 Å². The Bertz CT molecular complexity index is 728. The molecule has 1 saturated heterocycles. The number of piperidine rings is 1. The van der Waals surface area contributed by atoms with E-state index in [0.717, 1.165) is 12.1 Å². The molecule has 6 nitrogen and oxygen atoms in total. The summed E-state index contributed by atoms with van der Waals surface area (Å²) in [5, 5.41) is 2.49. The highest BCUT2D eigenvalue weighted by molar-refractivity contribution is 7.92. The minimum absolute atomic E-state index is 0.191. The van der Waals surface area contributed by atoms with E-state index < -0.39 is 32.1 Å². The molecule has 1 aromatic carbocycles.